The van der Waals surface area contributed by atoms with Gasteiger partial charge in [0.15, 0.2) is 0 Å². The number of hydrogen-bond acceptors (Lipinski definition) is 2. The Hall–Kier alpha value is -4.37. The molecule has 242 valence electrons. The van der Waals surface area contributed by atoms with E-state index < -0.39 is 0 Å². The molecule has 1 N–H and O–H groups in total. The number of benzene rings is 3. The molecule has 0 saturated heterocycles. The zero-order chi connectivity index (χ0) is 34.2. The highest BCUT2D eigenvalue weighted by molar-refractivity contribution is 5.79. The van der Waals surface area contributed by atoms with E-state index in [9.17, 15) is 0 Å². The van der Waals surface area contributed by atoms with Crippen molar-refractivity contribution in [3.8, 4) is 0 Å². The maximum absolute atomic E-state index is 4.39. The van der Waals surface area contributed by atoms with Gasteiger partial charge >= 0.3 is 0 Å². The third kappa shape index (κ3) is 15.3. The molecule has 0 amide bonds. The van der Waals surface area contributed by atoms with Crippen LogP contribution < -0.4 is 5.32 Å². The predicted octanol–water partition coefficient (Wildman–Crippen LogP) is 12.0. The van der Waals surface area contributed by atoms with Crippen LogP contribution in [0.25, 0.3) is 17.3 Å². The molecule has 4 rings (SSSR count). The zero-order valence-corrected chi connectivity index (χ0v) is 29.9. The van der Waals surface area contributed by atoms with Crippen molar-refractivity contribution >= 4 is 17.3 Å². The SMILES string of the molecule is C=C(/C=C(/C)n1ncc(C)c1C)c1ccccc1C.C=C(CC)NCc1ccc(CC)cc1.C=Cc1ccccc1.CC.CC. The summed E-state index contributed by atoms with van der Waals surface area (Å²) in [5.41, 5.74) is 11.9. The van der Waals surface area contributed by atoms with Crippen LogP contribution in [-0.2, 0) is 13.0 Å². The molecule has 4 aromatic rings. The van der Waals surface area contributed by atoms with Crippen LogP contribution in [0.15, 0.2) is 117 Å². The van der Waals surface area contributed by atoms with E-state index in [-0.39, 0.29) is 0 Å². The number of rotatable bonds is 9. The summed E-state index contributed by atoms with van der Waals surface area (Å²) in [6, 6.07) is 27.0. The molecule has 45 heavy (non-hydrogen) atoms. The Labute approximate surface area is 276 Å². The lowest BCUT2D eigenvalue weighted by Crippen LogP contribution is -2.10. The monoisotopic (exact) mass is 605 g/mol. The summed E-state index contributed by atoms with van der Waals surface area (Å²) in [5, 5.41) is 7.68. The fourth-order valence-electron chi connectivity index (χ4n) is 4.01. The van der Waals surface area contributed by atoms with Crippen molar-refractivity contribution in [3.63, 3.8) is 0 Å². The van der Waals surface area contributed by atoms with Crippen LogP contribution in [0.3, 0.4) is 0 Å². The third-order valence-corrected chi connectivity index (χ3v) is 6.90. The summed E-state index contributed by atoms with van der Waals surface area (Å²) in [5.74, 6) is 0. The smallest absolute Gasteiger partial charge is 0.0526 e. The molecule has 3 nitrogen and oxygen atoms in total. The Bertz CT molecular complexity index is 1420. The van der Waals surface area contributed by atoms with Gasteiger partial charge in [-0.05, 0) is 85.6 Å². The Balaban J connectivity index is 0.000000653. The third-order valence-electron chi connectivity index (χ3n) is 6.90. The van der Waals surface area contributed by atoms with E-state index >= 15 is 0 Å². The normalized spacial score (nSPS) is 9.78. The minimum absolute atomic E-state index is 0.886. The van der Waals surface area contributed by atoms with Gasteiger partial charge in [-0.2, -0.15) is 5.10 Å². The molecule has 0 aliphatic heterocycles. The second-order valence-corrected chi connectivity index (χ2v) is 10.0. The number of aromatic nitrogens is 2. The fraction of sp³-hybridized carbons (Fsp3) is 0.310. The molecule has 0 bridgehead atoms. The van der Waals surface area contributed by atoms with E-state index in [1.807, 2.05) is 87.1 Å². The fourth-order valence-corrected chi connectivity index (χ4v) is 4.01. The second kappa shape index (κ2) is 24.0. The summed E-state index contributed by atoms with van der Waals surface area (Å²) in [7, 11) is 0. The molecule has 3 aromatic carbocycles. The standard InChI is InChI=1S/C17H20N2.C13H19N.C8H8.2C2H6/c1-12-8-6-7-9-17(12)13(2)10-15(4)19-16(5)14(3)11-18-19;1-4-11(3)14-10-13-8-6-12(5-2)7-9-13;1-2-8-6-4-3-5-7-8;2*1-2/h6-11H,2H2,1,3-5H3;6-9,14H,3-5,10H2,1-2H3;2-7H,1H2;2*1-2H3/b15-10-;;;;. The molecule has 0 radical (unpaired) electrons. The van der Waals surface area contributed by atoms with Crippen LogP contribution >= 0.6 is 0 Å². The Kier molecular flexibility index (Phi) is 21.7. The first-order valence-corrected chi connectivity index (χ1v) is 16.3. The maximum atomic E-state index is 4.39. The van der Waals surface area contributed by atoms with Gasteiger partial charge in [-0.1, -0.05) is 146 Å². The predicted molar refractivity (Wildman–Crippen MR) is 203 cm³/mol. The summed E-state index contributed by atoms with van der Waals surface area (Å²) in [6.07, 6.45) is 7.91. The summed E-state index contributed by atoms with van der Waals surface area (Å²) < 4.78 is 1.96. The van der Waals surface area contributed by atoms with Crippen LogP contribution in [0.4, 0.5) is 0 Å². The van der Waals surface area contributed by atoms with Crippen molar-refractivity contribution in [2.24, 2.45) is 0 Å². The second-order valence-electron chi connectivity index (χ2n) is 10.0. The van der Waals surface area contributed by atoms with Crippen LogP contribution in [0.5, 0.6) is 0 Å². The minimum Gasteiger partial charge on any atom is -0.385 e. The molecule has 1 aromatic heterocycles. The van der Waals surface area contributed by atoms with Gasteiger partial charge in [-0.3, -0.25) is 0 Å². The number of nitrogens with one attached hydrogen (secondary N) is 1. The van der Waals surface area contributed by atoms with E-state index in [1.165, 1.54) is 39.1 Å². The Morgan fingerprint density at radius 1 is 0.778 bits per heavy atom. The van der Waals surface area contributed by atoms with Crippen molar-refractivity contribution in [1.29, 1.82) is 0 Å². The highest BCUT2D eigenvalue weighted by Gasteiger charge is 2.05. The minimum atomic E-state index is 0.886. The average Bonchev–Trinajstić information content (AvgIpc) is 3.44. The quantitative estimate of drug-likeness (QED) is 0.192. The van der Waals surface area contributed by atoms with Crippen molar-refractivity contribution in [2.75, 3.05) is 0 Å². The molecule has 1 heterocycles. The van der Waals surface area contributed by atoms with Gasteiger partial charge in [0.25, 0.3) is 0 Å². The number of hydrogen-bond donors (Lipinski definition) is 1. The van der Waals surface area contributed by atoms with Crippen LogP contribution in [0.2, 0.25) is 0 Å². The van der Waals surface area contributed by atoms with E-state index in [4.69, 9.17) is 0 Å². The Morgan fingerprint density at radius 3 is 1.80 bits per heavy atom. The van der Waals surface area contributed by atoms with Crippen molar-refractivity contribution in [1.82, 2.24) is 15.1 Å². The molecule has 3 heteroatoms. The lowest BCUT2D eigenvalue weighted by atomic mass is 10.0. The van der Waals surface area contributed by atoms with Gasteiger partial charge in [0.1, 0.15) is 0 Å². The largest absolute Gasteiger partial charge is 0.385 e. The van der Waals surface area contributed by atoms with Gasteiger partial charge in [-0.15, -0.1) is 0 Å². The summed E-state index contributed by atoms with van der Waals surface area (Å²) in [4.78, 5) is 0. The first-order valence-electron chi connectivity index (χ1n) is 16.3. The van der Waals surface area contributed by atoms with Crippen LogP contribution in [0.1, 0.15) is 94.0 Å². The van der Waals surface area contributed by atoms with E-state index in [0.29, 0.717) is 0 Å². The molecule has 0 fully saturated rings. The first kappa shape index (κ1) is 40.6. The molecule has 0 aliphatic carbocycles. The molecular formula is C42H59N3. The van der Waals surface area contributed by atoms with E-state index in [0.717, 1.165) is 36.4 Å². The van der Waals surface area contributed by atoms with Crippen molar-refractivity contribution in [2.45, 2.75) is 88.6 Å². The van der Waals surface area contributed by atoms with Crippen LogP contribution in [-0.4, -0.2) is 9.78 Å². The molecule has 0 aliphatic rings. The van der Waals surface area contributed by atoms with Gasteiger partial charge in [-0.25, -0.2) is 4.68 Å². The molecule has 0 spiro atoms. The molecule has 0 saturated carbocycles. The molecule has 0 unspecified atom stereocenters. The number of nitrogens with zero attached hydrogens (tertiary/aromatic N) is 2. The van der Waals surface area contributed by atoms with E-state index in [1.54, 1.807) is 0 Å². The van der Waals surface area contributed by atoms with Gasteiger partial charge < -0.3 is 5.32 Å². The van der Waals surface area contributed by atoms with Crippen molar-refractivity contribution in [3.05, 3.63) is 156 Å². The average molecular weight is 606 g/mol. The lowest BCUT2D eigenvalue weighted by molar-refractivity contribution is 0.776. The highest BCUT2D eigenvalue weighted by Crippen LogP contribution is 2.21. The summed E-state index contributed by atoms with van der Waals surface area (Å²) in [6.45, 7) is 33.2. The van der Waals surface area contributed by atoms with Crippen molar-refractivity contribution < 1.29 is 0 Å². The zero-order valence-electron chi connectivity index (χ0n) is 29.9. The van der Waals surface area contributed by atoms with Gasteiger partial charge in [0.2, 0.25) is 0 Å². The number of aryl methyl sites for hydroxylation is 3. The summed E-state index contributed by atoms with van der Waals surface area (Å²) >= 11 is 0. The highest BCUT2D eigenvalue weighted by atomic mass is 15.3. The molecule has 0 atom stereocenters. The van der Waals surface area contributed by atoms with Gasteiger partial charge in [0.05, 0.1) is 6.20 Å². The maximum Gasteiger partial charge on any atom is 0.0526 e. The van der Waals surface area contributed by atoms with E-state index in [2.05, 4.69) is 114 Å². The first-order chi connectivity index (χ1) is 21.7. The van der Waals surface area contributed by atoms with Crippen LogP contribution in [0, 0.1) is 20.8 Å². The number of allylic oxidation sites excluding steroid dienone is 4. The lowest BCUT2D eigenvalue weighted by Gasteiger charge is -2.09. The van der Waals surface area contributed by atoms with Gasteiger partial charge in [0, 0.05) is 23.6 Å². The topological polar surface area (TPSA) is 29.9 Å². The molecular weight excluding hydrogens is 546 g/mol. The Morgan fingerprint density at radius 2 is 1.33 bits per heavy atom.